The number of carboxylic acid groups (broad SMARTS) is 1. The molecule has 4 heteroatoms. The number of aromatic carboxylic acids is 1. The van der Waals surface area contributed by atoms with Crippen LogP contribution in [0.15, 0.2) is 18.2 Å². The van der Waals surface area contributed by atoms with E-state index in [1.54, 1.807) is 0 Å². The van der Waals surface area contributed by atoms with Crippen LogP contribution < -0.4 is 4.90 Å². The van der Waals surface area contributed by atoms with Gasteiger partial charge in [0.25, 0.3) is 0 Å². The van der Waals surface area contributed by atoms with E-state index in [-0.39, 0.29) is 11.3 Å². The average Bonchev–Trinajstić information content (AvgIpc) is 2.40. The second kappa shape index (κ2) is 6.04. The molecule has 1 aromatic carbocycles. The molecule has 0 unspecified atom stereocenters. The molecule has 0 amide bonds. The van der Waals surface area contributed by atoms with Crippen LogP contribution in [0.1, 0.15) is 43.0 Å². The van der Waals surface area contributed by atoms with Crippen molar-refractivity contribution in [1.82, 2.24) is 0 Å². The molecule has 1 aromatic rings. The van der Waals surface area contributed by atoms with Crippen molar-refractivity contribution in [3.8, 4) is 0 Å². The fourth-order valence-corrected chi connectivity index (χ4v) is 2.86. The smallest absolute Gasteiger partial charge is 0.337 e. The van der Waals surface area contributed by atoms with Crippen molar-refractivity contribution in [3.63, 3.8) is 0 Å². The second-order valence-electron chi connectivity index (χ2n) is 5.16. The number of nitrogens with zero attached hydrogens (tertiary/aromatic N) is 1. The molecule has 0 atom stereocenters. The summed E-state index contributed by atoms with van der Waals surface area (Å²) in [5.74, 6) is -0.805. The topological polar surface area (TPSA) is 40.5 Å². The first-order valence-corrected chi connectivity index (χ1v) is 6.90. The third kappa shape index (κ3) is 3.06. The highest BCUT2D eigenvalue weighted by Gasteiger charge is 2.24. The number of carboxylic acids is 1. The van der Waals surface area contributed by atoms with Crippen molar-refractivity contribution in [2.24, 2.45) is 5.92 Å². The third-order valence-corrected chi connectivity index (χ3v) is 3.84. The number of rotatable bonds is 4. The van der Waals surface area contributed by atoms with E-state index in [0.717, 1.165) is 25.9 Å². The molecule has 0 aromatic heterocycles. The molecule has 1 aliphatic heterocycles. The molecule has 1 fully saturated rings. The Morgan fingerprint density at radius 1 is 1.42 bits per heavy atom. The van der Waals surface area contributed by atoms with Crippen molar-refractivity contribution in [2.45, 2.75) is 32.6 Å². The standard InChI is InChI=1S/C15H20FNO2/c1-2-4-11-7-9-17(10-8-11)14-12(15(18)19)5-3-6-13(14)16/h3,5-6,11H,2,4,7-10H2,1H3,(H,18,19). The monoisotopic (exact) mass is 265 g/mol. The van der Waals surface area contributed by atoms with Crippen LogP contribution in [0.4, 0.5) is 10.1 Å². The first-order chi connectivity index (χ1) is 9.13. The summed E-state index contributed by atoms with van der Waals surface area (Å²) in [7, 11) is 0. The Morgan fingerprint density at radius 3 is 2.68 bits per heavy atom. The van der Waals surface area contributed by atoms with Gasteiger partial charge in [-0.25, -0.2) is 9.18 Å². The molecule has 19 heavy (non-hydrogen) atoms. The minimum atomic E-state index is -1.06. The fourth-order valence-electron chi connectivity index (χ4n) is 2.86. The van der Waals surface area contributed by atoms with Crippen molar-refractivity contribution < 1.29 is 14.3 Å². The highest BCUT2D eigenvalue weighted by Crippen LogP contribution is 2.30. The maximum absolute atomic E-state index is 13.9. The second-order valence-corrected chi connectivity index (χ2v) is 5.16. The number of halogens is 1. The van der Waals surface area contributed by atoms with Gasteiger partial charge in [0, 0.05) is 13.1 Å². The summed E-state index contributed by atoms with van der Waals surface area (Å²) in [5, 5.41) is 9.16. The molecule has 1 N–H and O–H groups in total. The van der Waals surface area contributed by atoms with Crippen molar-refractivity contribution in [2.75, 3.05) is 18.0 Å². The summed E-state index contributed by atoms with van der Waals surface area (Å²) in [6, 6.07) is 4.25. The summed E-state index contributed by atoms with van der Waals surface area (Å²) in [5.41, 5.74) is 0.318. The minimum absolute atomic E-state index is 0.0638. The molecule has 1 saturated heterocycles. The van der Waals surface area contributed by atoms with Gasteiger partial charge in [0.15, 0.2) is 0 Å². The van der Waals surface area contributed by atoms with Crippen LogP contribution in [0.25, 0.3) is 0 Å². The first kappa shape index (κ1) is 13.8. The van der Waals surface area contributed by atoms with Crippen molar-refractivity contribution in [1.29, 1.82) is 0 Å². The normalized spacial score (nSPS) is 16.6. The number of benzene rings is 1. The van der Waals surface area contributed by atoms with Crippen molar-refractivity contribution in [3.05, 3.63) is 29.6 Å². The number of hydrogen-bond donors (Lipinski definition) is 1. The van der Waals surface area contributed by atoms with Crippen LogP contribution in [-0.4, -0.2) is 24.2 Å². The average molecular weight is 265 g/mol. The predicted octanol–water partition coefficient (Wildman–Crippen LogP) is 3.54. The maximum atomic E-state index is 13.9. The molecule has 0 radical (unpaired) electrons. The molecule has 0 spiro atoms. The van der Waals surface area contributed by atoms with Crippen LogP contribution in [0.5, 0.6) is 0 Å². The van der Waals surface area contributed by atoms with E-state index in [4.69, 9.17) is 5.11 Å². The summed E-state index contributed by atoms with van der Waals surface area (Å²) < 4.78 is 13.9. The summed E-state index contributed by atoms with van der Waals surface area (Å²) >= 11 is 0. The van der Waals surface area contributed by atoms with E-state index in [0.29, 0.717) is 5.92 Å². The van der Waals surface area contributed by atoms with Crippen molar-refractivity contribution >= 4 is 11.7 Å². The summed E-state index contributed by atoms with van der Waals surface area (Å²) in [4.78, 5) is 13.1. The lowest BCUT2D eigenvalue weighted by atomic mass is 9.92. The zero-order valence-corrected chi connectivity index (χ0v) is 11.2. The first-order valence-electron chi connectivity index (χ1n) is 6.90. The Bertz CT molecular complexity index is 453. The van der Waals surface area contributed by atoms with Crippen LogP contribution in [0.3, 0.4) is 0 Å². The molecule has 0 aliphatic carbocycles. The van der Waals surface area contributed by atoms with E-state index >= 15 is 0 Å². The molecule has 3 nitrogen and oxygen atoms in total. The number of anilines is 1. The molecule has 1 aliphatic rings. The van der Waals surface area contributed by atoms with Crippen LogP contribution >= 0.6 is 0 Å². The minimum Gasteiger partial charge on any atom is -0.478 e. The molecule has 0 bridgehead atoms. The van der Waals surface area contributed by atoms with Gasteiger partial charge < -0.3 is 10.0 Å². The lowest BCUT2D eigenvalue weighted by Gasteiger charge is -2.34. The van der Waals surface area contributed by atoms with Gasteiger partial charge in [-0.15, -0.1) is 0 Å². The van der Waals surface area contributed by atoms with E-state index in [1.807, 2.05) is 4.90 Å². The number of carbonyl (C=O) groups is 1. The van der Waals surface area contributed by atoms with E-state index < -0.39 is 11.8 Å². The van der Waals surface area contributed by atoms with E-state index in [9.17, 15) is 9.18 Å². The predicted molar refractivity (Wildman–Crippen MR) is 73.2 cm³/mol. The van der Waals surface area contributed by atoms with Crippen LogP contribution in [0.2, 0.25) is 0 Å². The maximum Gasteiger partial charge on any atom is 0.337 e. The Morgan fingerprint density at radius 2 is 2.11 bits per heavy atom. The molecule has 2 rings (SSSR count). The molecule has 1 heterocycles. The van der Waals surface area contributed by atoms with Gasteiger partial charge in [-0.3, -0.25) is 0 Å². The highest BCUT2D eigenvalue weighted by molar-refractivity contribution is 5.94. The van der Waals surface area contributed by atoms with Crippen LogP contribution in [0, 0.1) is 11.7 Å². The third-order valence-electron chi connectivity index (χ3n) is 3.84. The Balaban J connectivity index is 2.17. The largest absolute Gasteiger partial charge is 0.478 e. The summed E-state index contributed by atoms with van der Waals surface area (Å²) in [6.07, 6.45) is 4.41. The number of para-hydroxylation sites is 1. The Hall–Kier alpha value is -1.58. The number of piperidine rings is 1. The summed E-state index contributed by atoms with van der Waals surface area (Å²) in [6.45, 7) is 3.66. The van der Waals surface area contributed by atoms with Gasteiger partial charge in [0.2, 0.25) is 0 Å². The fraction of sp³-hybridized carbons (Fsp3) is 0.533. The Kier molecular flexibility index (Phi) is 4.40. The lowest BCUT2D eigenvalue weighted by Crippen LogP contribution is -2.35. The zero-order chi connectivity index (χ0) is 13.8. The van der Waals surface area contributed by atoms with Gasteiger partial charge in [-0.2, -0.15) is 0 Å². The Labute approximate surface area is 113 Å². The quantitative estimate of drug-likeness (QED) is 0.905. The lowest BCUT2D eigenvalue weighted by molar-refractivity contribution is 0.0697. The molecular formula is C15H20FNO2. The van der Waals surface area contributed by atoms with Gasteiger partial charge in [-0.1, -0.05) is 25.8 Å². The van der Waals surface area contributed by atoms with Gasteiger partial charge in [-0.05, 0) is 30.9 Å². The van der Waals surface area contributed by atoms with Gasteiger partial charge >= 0.3 is 5.97 Å². The van der Waals surface area contributed by atoms with Crippen LogP contribution in [-0.2, 0) is 0 Å². The molecule has 0 saturated carbocycles. The zero-order valence-electron chi connectivity index (χ0n) is 11.2. The van der Waals surface area contributed by atoms with Gasteiger partial charge in [0.05, 0.1) is 11.3 Å². The van der Waals surface area contributed by atoms with Gasteiger partial charge in [0.1, 0.15) is 5.82 Å². The highest BCUT2D eigenvalue weighted by atomic mass is 19.1. The van der Waals surface area contributed by atoms with E-state index in [1.165, 1.54) is 31.0 Å². The molecular weight excluding hydrogens is 245 g/mol. The SMILES string of the molecule is CCCC1CCN(c2c(F)cccc2C(=O)O)CC1. The number of hydrogen-bond acceptors (Lipinski definition) is 2. The molecule has 104 valence electrons. The van der Waals surface area contributed by atoms with E-state index in [2.05, 4.69) is 6.92 Å².